The predicted molar refractivity (Wildman–Crippen MR) is 99.9 cm³/mol. The number of carbonyl (C=O) groups is 1. The molecular weight excluding hydrogens is 375 g/mol. The van der Waals surface area contributed by atoms with Crippen LogP contribution in [0.1, 0.15) is 18.4 Å². The molecule has 23 heavy (non-hydrogen) atoms. The number of nitrogens with zero attached hydrogens (tertiary/aromatic N) is 2. The first kappa shape index (κ1) is 17.3. The number of halogens is 3. The minimum absolute atomic E-state index is 0.168. The molecule has 0 radical (unpaired) electrons. The van der Waals surface area contributed by atoms with Gasteiger partial charge in [0, 0.05) is 25.7 Å². The summed E-state index contributed by atoms with van der Waals surface area (Å²) in [6.07, 6.45) is 1.02. The van der Waals surface area contributed by atoms with E-state index < -0.39 is 9.21 Å². The number of anilines is 1. The van der Waals surface area contributed by atoms with Gasteiger partial charge in [0.15, 0.2) is 4.87 Å². The van der Waals surface area contributed by atoms with Crippen molar-refractivity contribution in [3.8, 4) is 0 Å². The van der Waals surface area contributed by atoms with Gasteiger partial charge in [0.2, 0.25) is 5.91 Å². The van der Waals surface area contributed by atoms with Crippen molar-refractivity contribution in [1.82, 2.24) is 4.90 Å². The van der Waals surface area contributed by atoms with Crippen molar-refractivity contribution >= 4 is 63.6 Å². The number of likely N-dealkylation sites (N-methyl/N-ethyl adjacent to an activating group) is 1. The van der Waals surface area contributed by atoms with Crippen LogP contribution in [0.2, 0.25) is 0 Å². The molecule has 2 atom stereocenters. The van der Waals surface area contributed by atoms with Gasteiger partial charge in [-0.3, -0.25) is 4.79 Å². The van der Waals surface area contributed by atoms with Crippen molar-refractivity contribution < 1.29 is 4.79 Å². The van der Waals surface area contributed by atoms with E-state index in [4.69, 9.17) is 47.0 Å². The smallest absolute Gasteiger partial charge is 0.247 e. The highest BCUT2D eigenvalue weighted by atomic mass is 35.5. The Morgan fingerprint density at radius 1 is 1.39 bits per heavy atom. The first-order chi connectivity index (χ1) is 10.7. The topological polar surface area (TPSA) is 23.6 Å². The Morgan fingerprint density at radius 3 is 2.61 bits per heavy atom. The summed E-state index contributed by atoms with van der Waals surface area (Å²) in [6, 6.07) is 7.99. The van der Waals surface area contributed by atoms with E-state index in [9.17, 15) is 4.79 Å². The standard InChI is InChI=1S/C16H17Cl3N2OS/c1-10-4-3-5-11(8-10)21-7-6-12(13(21)23)20(2)14(22)15(17)9-16(15,18)19/h3-5,8,12H,6-7,9H2,1-2H3. The van der Waals surface area contributed by atoms with Crippen molar-refractivity contribution in [3.05, 3.63) is 29.8 Å². The van der Waals surface area contributed by atoms with Crippen molar-refractivity contribution in [2.45, 2.75) is 35.0 Å². The largest absolute Gasteiger partial charge is 0.335 e. The zero-order valence-corrected chi connectivity index (χ0v) is 15.9. The molecule has 1 saturated heterocycles. The summed E-state index contributed by atoms with van der Waals surface area (Å²) in [6.45, 7) is 2.81. The first-order valence-electron chi connectivity index (χ1n) is 7.39. The van der Waals surface area contributed by atoms with Crippen LogP contribution in [0.4, 0.5) is 5.69 Å². The Labute approximate surface area is 156 Å². The zero-order valence-electron chi connectivity index (χ0n) is 12.9. The van der Waals surface area contributed by atoms with Gasteiger partial charge in [-0.1, -0.05) is 47.6 Å². The van der Waals surface area contributed by atoms with Gasteiger partial charge in [-0.15, -0.1) is 11.6 Å². The molecule has 124 valence electrons. The van der Waals surface area contributed by atoms with Crippen LogP contribution in [-0.2, 0) is 4.79 Å². The van der Waals surface area contributed by atoms with E-state index in [0.29, 0.717) is 0 Å². The molecule has 0 spiro atoms. The predicted octanol–water partition coefficient (Wildman–Crippen LogP) is 3.91. The summed E-state index contributed by atoms with van der Waals surface area (Å²) in [5.41, 5.74) is 2.22. The van der Waals surface area contributed by atoms with E-state index in [-0.39, 0.29) is 18.4 Å². The fourth-order valence-corrected chi connectivity index (χ4v) is 4.50. The van der Waals surface area contributed by atoms with Gasteiger partial charge in [-0.05, 0) is 31.0 Å². The quantitative estimate of drug-likeness (QED) is 0.576. The van der Waals surface area contributed by atoms with Gasteiger partial charge >= 0.3 is 0 Å². The molecule has 3 rings (SSSR count). The average Bonchev–Trinajstić information content (AvgIpc) is 2.81. The van der Waals surface area contributed by atoms with Crippen molar-refractivity contribution in [1.29, 1.82) is 0 Å². The van der Waals surface area contributed by atoms with E-state index in [1.807, 2.05) is 25.1 Å². The zero-order chi connectivity index (χ0) is 17.0. The molecule has 1 aliphatic carbocycles. The van der Waals surface area contributed by atoms with E-state index >= 15 is 0 Å². The third-order valence-electron chi connectivity index (χ3n) is 4.54. The highest BCUT2D eigenvalue weighted by Crippen LogP contribution is 2.62. The van der Waals surface area contributed by atoms with Crippen molar-refractivity contribution in [2.75, 3.05) is 18.5 Å². The van der Waals surface area contributed by atoms with Crippen LogP contribution in [0.3, 0.4) is 0 Å². The number of thiocarbonyl (C=S) groups is 1. The summed E-state index contributed by atoms with van der Waals surface area (Å²) in [7, 11) is 1.71. The van der Waals surface area contributed by atoms with Crippen LogP contribution in [0.15, 0.2) is 24.3 Å². The molecule has 1 aliphatic heterocycles. The molecule has 2 aliphatic rings. The Balaban J connectivity index is 1.76. The maximum absolute atomic E-state index is 12.6. The van der Waals surface area contributed by atoms with Crippen molar-refractivity contribution in [2.24, 2.45) is 0 Å². The third kappa shape index (κ3) is 2.84. The van der Waals surface area contributed by atoms with E-state index in [0.717, 1.165) is 23.6 Å². The number of hydrogen-bond donors (Lipinski definition) is 0. The van der Waals surface area contributed by atoms with Gasteiger partial charge in [-0.2, -0.15) is 0 Å². The molecular formula is C16H17Cl3N2OS. The number of rotatable bonds is 3. The maximum Gasteiger partial charge on any atom is 0.247 e. The number of aryl methyl sites for hydroxylation is 1. The number of amides is 1. The van der Waals surface area contributed by atoms with E-state index in [2.05, 4.69) is 11.0 Å². The lowest BCUT2D eigenvalue weighted by Crippen LogP contribution is -2.47. The number of benzene rings is 1. The molecule has 7 heteroatoms. The molecule has 2 unspecified atom stereocenters. The molecule has 0 N–H and O–H groups in total. The maximum atomic E-state index is 12.6. The first-order valence-corrected chi connectivity index (χ1v) is 8.94. The van der Waals surface area contributed by atoms with Gasteiger partial charge in [0.1, 0.15) is 9.32 Å². The van der Waals surface area contributed by atoms with Gasteiger partial charge in [0.05, 0.1) is 6.04 Å². The van der Waals surface area contributed by atoms with E-state index in [1.165, 1.54) is 5.56 Å². The van der Waals surface area contributed by atoms with Crippen LogP contribution >= 0.6 is 47.0 Å². The summed E-state index contributed by atoms with van der Waals surface area (Å²) in [5.74, 6) is -0.261. The Bertz CT molecular complexity index is 681. The van der Waals surface area contributed by atoms with Crippen LogP contribution in [0, 0.1) is 6.92 Å². The number of hydrogen-bond acceptors (Lipinski definition) is 2. The summed E-state index contributed by atoms with van der Waals surface area (Å²) >= 11 is 23.9. The van der Waals surface area contributed by atoms with Crippen molar-refractivity contribution in [3.63, 3.8) is 0 Å². The van der Waals surface area contributed by atoms with Crippen LogP contribution in [0.5, 0.6) is 0 Å². The number of alkyl halides is 3. The van der Waals surface area contributed by atoms with Crippen LogP contribution in [0.25, 0.3) is 0 Å². The highest BCUT2D eigenvalue weighted by molar-refractivity contribution is 7.80. The Morgan fingerprint density at radius 2 is 2.04 bits per heavy atom. The van der Waals surface area contributed by atoms with Gasteiger partial charge in [0.25, 0.3) is 0 Å². The monoisotopic (exact) mass is 390 g/mol. The van der Waals surface area contributed by atoms with Gasteiger partial charge in [-0.25, -0.2) is 0 Å². The Hall–Kier alpha value is -0.550. The third-order valence-corrected chi connectivity index (χ3v) is 6.75. The average molecular weight is 392 g/mol. The molecule has 2 fully saturated rings. The highest BCUT2D eigenvalue weighted by Gasteiger charge is 2.71. The lowest BCUT2D eigenvalue weighted by molar-refractivity contribution is -0.131. The van der Waals surface area contributed by atoms with Crippen LogP contribution < -0.4 is 4.90 Å². The second-order valence-electron chi connectivity index (χ2n) is 6.23. The molecule has 1 aromatic carbocycles. The Kier molecular flexibility index (Phi) is 4.33. The van der Waals surface area contributed by atoms with E-state index in [1.54, 1.807) is 11.9 Å². The van der Waals surface area contributed by atoms with Crippen LogP contribution in [-0.4, -0.2) is 44.6 Å². The van der Waals surface area contributed by atoms with Gasteiger partial charge < -0.3 is 9.80 Å². The fraction of sp³-hybridized carbons (Fsp3) is 0.500. The molecule has 0 aromatic heterocycles. The molecule has 0 bridgehead atoms. The number of carbonyl (C=O) groups excluding carboxylic acids is 1. The molecule has 3 nitrogen and oxygen atoms in total. The minimum atomic E-state index is -1.22. The molecule has 1 amide bonds. The normalized spacial score (nSPS) is 28.8. The fourth-order valence-electron chi connectivity index (χ4n) is 2.99. The molecule has 1 aromatic rings. The second kappa shape index (κ2) is 5.76. The minimum Gasteiger partial charge on any atom is -0.335 e. The lowest BCUT2D eigenvalue weighted by Gasteiger charge is -2.28. The SMILES string of the molecule is Cc1cccc(N2CCC(N(C)C(=O)C3(Cl)CC3(Cl)Cl)C2=S)c1. The molecule has 1 saturated carbocycles. The lowest BCUT2D eigenvalue weighted by atomic mass is 10.2. The summed E-state index contributed by atoms with van der Waals surface area (Å²) < 4.78 is -1.18. The second-order valence-corrected chi connectivity index (χ2v) is 8.78. The summed E-state index contributed by atoms with van der Waals surface area (Å²) in [4.78, 5) is 15.8. The summed E-state index contributed by atoms with van der Waals surface area (Å²) in [5, 5.41) is 0. The molecule has 1 heterocycles.